The van der Waals surface area contributed by atoms with E-state index in [1.807, 2.05) is 21.1 Å². The lowest BCUT2D eigenvalue weighted by Crippen LogP contribution is -2.51. The van der Waals surface area contributed by atoms with Crippen molar-refractivity contribution in [1.29, 1.82) is 0 Å². The number of hydrogen-bond acceptors (Lipinski definition) is 7. The van der Waals surface area contributed by atoms with Gasteiger partial charge in [-0.25, -0.2) is 0 Å². The molecule has 0 spiro atoms. The number of quaternary nitrogens is 1. The van der Waals surface area contributed by atoms with Gasteiger partial charge in [-0.1, -0.05) is 170 Å². The van der Waals surface area contributed by atoms with E-state index in [-0.39, 0.29) is 18.9 Å². The van der Waals surface area contributed by atoms with Gasteiger partial charge in [0.15, 0.2) is 0 Å². The molecule has 0 fully saturated rings. The Balaban J connectivity index is 4.39. The number of aliphatic hydroxyl groups excluding tert-OH is 2. The fourth-order valence-corrected chi connectivity index (χ4v) is 7.36. The van der Waals surface area contributed by atoms with Gasteiger partial charge in [-0.3, -0.25) is 9.36 Å². The molecule has 354 valence electrons. The van der Waals surface area contributed by atoms with Gasteiger partial charge in [-0.2, -0.15) is 0 Å². The van der Waals surface area contributed by atoms with Crippen LogP contribution in [-0.4, -0.2) is 79.8 Å². The van der Waals surface area contributed by atoms with Gasteiger partial charge in [0.05, 0.1) is 39.9 Å². The molecule has 0 aliphatic heterocycles. The molecule has 0 bridgehead atoms. The van der Waals surface area contributed by atoms with Gasteiger partial charge in [-0.05, 0) is 83.5 Å². The maximum absolute atomic E-state index is 12.9. The lowest BCUT2D eigenvalue weighted by molar-refractivity contribution is -0.870. The van der Waals surface area contributed by atoms with Gasteiger partial charge in [-0.15, -0.1) is 0 Å². The Hall–Kier alpha value is -2.10. The number of phosphoric acid groups is 1. The Kier molecular flexibility index (Phi) is 40.4. The van der Waals surface area contributed by atoms with Crippen LogP contribution in [0.3, 0.4) is 0 Å². The van der Waals surface area contributed by atoms with Gasteiger partial charge in [0.25, 0.3) is 7.82 Å². The first kappa shape index (κ1) is 58.9. The van der Waals surface area contributed by atoms with Crippen molar-refractivity contribution < 1.29 is 38.0 Å². The van der Waals surface area contributed by atoms with Crippen LogP contribution < -0.4 is 10.2 Å². The number of nitrogens with zero attached hydrogens (tertiary/aromatic N) is 1. The Bertz CT molecular complexity index is 1240. The summed E-state index contributed by atoms with van der Waals surface area (Å²) in [5, 5.41) is 24.6. The molecule has 10 heteroatoms. The van der Waals surface area contributed by atoms with E-state index in [4.69, 9.17) is 9.05 Å². The van der Waals surface area contributed by atoms with Crippen LogP contribution in [0.4, 0.5) is 0 Å². The Morgan fingerprint density at radius 3 is 1.52 bits per heavy atom. The van der Waals surface area contributed by atoms with Crippen molar-refractivity contribution in [2.75, 3.05) is 40.9 Å². The molecule has 0 aromatic carbocycles. The summed E-state index contributed by atoms with van der Waals surface area (Å²) in [4.78, 5) is 25.4. The first-order chi connectivity index (χ1) is 29.4. The van der Waals surface area contributed by atoms with Gasteiger partial charge in [0.1, 0.15) is 19.3 Å². The molecule has 3 N–H and O–H groups in total. The predicted octanol–water partition coefficient (Wildman–Crippen LogP) is 12.3. The number of allylic oxidation sites excluding steroid dienone is 12. The summed E-state index contributed by atoms with van der Waals surface area (Å²) in [6.07, 6.45) is 52.3. The highest BCUT2D eigenvalue weighted by atomic mass is 31.2. The first-order valence-electron chi connectivity index (χ1n) is 24.4. The van der Waals surface area contributed by atoms with Crippen LogP contribution in [0.15, 0.2) is 72.9 Å². The molecule has 0 aliphatic rings. The van der Waals surface area contributed by atoms with Gasteiger partial charge in [0, 0.05) is 6.42 Å². The fourth-order valence-electron chi connectivity index (χ4n) is 6.63. The lowest BCUT2D eigenvalue weighted by atomic mass is 10.0. The molecular formula is C51H93N2O7P. The summed E-state index contributed by atoms with van der Waals surface area (Å²) in [6.45, 7) is 4.27. The molecule has 0 saturated heterocycles. The van der Waals surface area contributed by atoms with Gasteiger partial charge >= 0.3 is 0 Å². The number of carbonyl (C=O) groups excluding carboxylic acids is 1. The minimum atomic E-state index is -4.68. The summed E-state index contributed by atoms with van der Waals surface area (Å²) in [5.41, 5.74) is 0. The lowest BCUT2D eigenvalue weighted by Gasteiger charge is -2.31. The third-order valence-electron chi connectivity index (χ3n) is 10.5. The number of phosphoric ester groups is 1. The van der Waals surface area contributed by atoms with Crippen LogP contribution in [0.2, 0.25) is 0 Å². The molecule has 4 atom stereocenters. The number of carbonyl (C=O) groups is 1. The molecule has 61 heavy (non-hydrogen) atoms. The quantitative estimate of drug-likeness (QED) is 0.0241. The van der Waals surface area contributed by atoms with Crippen LogP contribution in [0.5, 0.6) is 0 Å². The standard InChI is InChI=1S/C51H93N2O7P/c1-6-8-10-12-14-16-18-20-21-22-23-24-25-26-27-28-29-30-31-32-34-36-38-40-42-44-50(55)52-48(47-60-61(57,58)59-46-45-53(3,4)5)51(56)49(54)43-41-39-37-35-33-19-17-15-13-11-9-7-2/h8,10,14,16,20-21,23-24,26-27,35,37,48-49,51,54,56H,6-7,9,11-13,15,17-19,22,25,28-34,36,38-47H2,1-5H3,(H-,52,55,57,58)/b10-8-,16-14-,21-20-,24-23-,27-26-,37-35+. The zero-order valence-corrected chi connectivity index (χ0v) is 40.6. The van der Waals surface area contributed by atoms with E-state index in [1.54, 1.807) is 0 Å². The topological polar surface area (TPSA) is 128 Å². The van der Waals surface area contributed by atoms with Crippen molar-refractivity contribution in [3.63, 3.8) is 0 Å². The maximum Gasteiger partial charge on any atom is 0.268 e. The largest absolute Gasteiger partial charge is 0.756 e. The SMILES string of the molecule is CC/C=C\C/C=C\C/C=C\C/C=C\C/C=C\CCCCCCCCCCCC(=O)NC(COP(=O)([O-])OCC[N+](C)(C)C)C(O)C(O)CCC/C=C/CCCCCCCCC. The van der Waals surface area contributed by atoms with Gasteiger partial charge in [0.2, 0.25) is 5.91 Å². The van der Waals surface area contributed by atoms with E-state index >= 15 is 0 Å². The summed E-state index contributed by atoms with van der Waals surface area (Å²) in [7, 11) is 1.09. The summed E-state index contributed by atoms with van der Waals surface area (Å²) >= 11 is 0. The minimum absolute atomic E-state index is 0.0508. The monoisotopic (exact) mass is 877 g/mol. The smallest absolute Gasteiger partial charge is 0.268 e. The van der Waals surface area contributed by atoms with E-state index in [0.717, 1.165) is 70.6 Å². The molecule has 4 unspecified atom stereocenters. The molecule has 0 aromatic heterocycles. The second-order valence-corrected chi connectivity index (χ2v) is 19.0. The number of hydrogen-bond donors (Lipinski definition) is 3. The summed E-state index contributed by atoms with van der Waals surface area (Å²) < 4.78 is 23.2. The fraction of sp³-hybridized carbons (Fsp3) is 0.745. The van der Waals surface area contributed by atoms with Crippen molar-refractivity contribution >= 4 is 13.7 Å². The van der Waals surface area contributed by atoms with Crippen LogP contribution >= 0.6 is 7.82 Å². The van der Waals surface area contributed by atoms with Crippen molar-refractivity contribution in [3.8, 4) is 0 Å². The number of aliphatic hydroxyl groups is 2. The molecule has 1 amide bonds. The van der Waals surface area contributed by atoms with E-state index < -0.39 is 32.7 Å². The molecule has 9 nitrogen and oxygen atoms in total. The first-order valence-corrected chi connectivity index (χ1v) is 25.8. The second kappa shape index (κ2) is 41.9. The number of likely N-dealkylation sites (N-methyl/N-ethyl adjacent to an activating group) is 1. The minimum Gasteiger partial charge on any atom is -0.756 e. The molecule has 0 saturated carbocycles. The van der Waals surface area contributed by atoms with E-state index in [2.05, 4.69) is 92.1 Å². The van der Waals surface area contributed by atoms with Crippen LogP contribution in [0.25, 0.3) is 0 Å². The second-order valence-electron chi connectivity index (χ2n) is 17.6. The number of unbranched alkanes of at least 4 members (excludes halogenated alkanes) is 17. The normalized spacial score (nSPS) is 15.3. The highest BCUT2D eigenvalue weighted by molar-refractivity contribution is 7.45. The molecule has 0 heterocycles. The molecule has 0 radical (unpaired) electrons. The van der Waals surface area contributed by atoms with Crippen LogP contribution in [-0.2, 0) is 18.4 Å². The van der Waals surface area contributed by atoms with E-state index in [1.165, 1.54) is 77.0 Å². The predicted molar refractivity (Wildman–Crippen MR) is 257 cm³/mol. The van der Waals surface area contributed by atoms with Gasteiger partial charge < -0.3 is 34.0 Å². The highest BCUT2D eigenvalue weighted by Gasteiger charge is 2.29. The summed E-state index contributed by atoms with van der Waals surface area (Å²) in [5.74, 6) is -0.299. The molecule has 0 aliphatic carbocycles. The molecule has 0 rings (SSSR count). The number of rotatable bonds is 43. The third kappa shape index (κ3) is 43.0. The van der Waals surface area contributed by atoms with Crippen molar-refractivity contribution in [2.45, 2.75) is 205 Å². The zero-order chi connectivity index (χ0) is 45.1. The maximum atomic E-state index is 12.9. The third-order valence-corrected chi connectivity index (χ3v) is 11.5. The zero-order valence-electron chi connectivity index (χ0n) is 39.7. The average molecular weight is 877 g/mol. The number of amides is 1. The van der Waals surface area contributed by atoms with Crippen LogP contribution in [0.1, 0.15) is 187 Å². The van der Waals surface area contributed by atoms with E-state index in [9.17, 15) is 24.5 Å². The van der Waals surface area contributed by atoms with E-state index in [0.29, 0.717) is 30.3 Å². The van der Waals surface area contributed by atoms with Crippen LogP contribution in [0, 0.1) is 0 Å². The summed E-state index contributed by atoms with van der Waals surface area (Å²) in [6, 6.07) is -1.10. The molecular weight excluding hydrogens is 784 g/mol. The van der Waals surface area contributed by atoms with Crippen molar-refractivity contribution in [3.05, 3.63) is 72.9 Å². The van der Waals surface area contributed by atoms with Crippen molar-refractivity contribution in [2.24, 2.45) is 0 Å². The Labute approximate surface area is 375 Å². The Morgan fingerprint density at radius 2 is 1.03 bits per heavy atom. The number of nitrogens with one attached hydrogen (secondary N) is 1. The van der Waals surface area contributed by atoms with Crippen molar-refractivity contribution in [1.82, 2.24) is 5.32 Å². The highest BCUT2D eigenvalue weighted by Crippen LogP contribution is 2.38. The Morgan fingerprint density at radius 1 is 0.607 bits per heavy atom. The molecule has 0 aromatic rings. The average Bonchev–Trinajstić information content (AvgIpc) is 3.21.